The van der Waals surface area contributed by atoms with Crippen molar-refractivity contribution in [2.24, 2.45) is 0 Å². The van der Waals surface area contributed by atoms with Crippen LogP contribution in [-0.2, 0) is 28.6 Å². The van der Waals surface area contributed by atoms with Crippen molar-refractivity contribution in [3.05, 3.63) is 76.2 Å². The van der Waals surface area contributed by atoms with E-state index in [2.05, 4.69) is 10.1 Å². The number of nitrogens with zero attached hydrogens (tertiary/aromatic N) is 4. The lowest BCUT2D eigenvalue weighted by Crippen LogP contribution is -2.39. The number of hydrogen-bond acceptors (Lipinski definition) is 7. The van der Waals surface area contributed by atoms with E-state index in [4.69, 9.17) is 14.2 Å². The zero-order valence-electron chi connectivity index (χ0n) is 25.9. The first-order chi connectivity index (χ1) is 21.3. The van der Waals surface area contributed by atoms with Crippen LogP contribution >= 0.6 is 0 Å². The van der Waals surface area contributed by atoms with Crippen molar-refractivity contribution < 1.29 is 37.0 Å². The maximum atomic E-state index is 14.1. The van der Waals surface area contributed by atoms with Gasteiger partial charge in [0.15, 0.2) is 11.5 Å². The first-order valence-corrected chi connectivity index (χ1v) is 15.1. The number of alkyl halides is 3. The molecule has 240 valence electrons. The van der Waals surface area contributed by atoms with Crippen molar-refractivity contribution in [1.29, 1.82) is 0 Å². The van der Waals surface area contributed by atoms with E-state index in [1.165, 1.54) is 13.0 Å². The van der Waals surface area contributed by atoms with Gasteiger partial charge in [-0.1, -0.05) is 12.1 Å². The number of benzene rings is 1. The molecule has 0 bridgehead atoms. The summed E-state index contributed by atoms with van der Waals surface area (Å²) in [5, 5.41) is 3.87. The molecule has 0 atom stereocenters. The van der Waals surface area contributed by atoms with Crippen LogP contribution < -0.4 is 4.74 Å². The third-order valence-corrected chi connectivity index (χ3v) is 7.63. The van der Waals surface area contributed by atoms with Crippen LogP contribution in [0.2, 0.25) is 0 Å². The predicted molar refractivity (Wildman–Crippen MR) is 160 cm³/mol. The summed E-state index contributed by atoms with van der Waals surface area (Å²) in [4.78, 5) is 31.0. The molecule has 1 aliphatic heterocycles. The highest BCUT2D eigenvalue weighted by Gasteiger charge is 2.41. The summed E-state index contributed by atoms with van der Waals surface area (Å²) in [6.45, 7) is 8.33. The van der Waals surface area contributed by atoms with Crippen molar-refractivity contribution in [2.45, 2.75) is 78.1 Å². The number of carbonyl (C=O) groups is 2. The van der Waals surface area contributed by atoms with Crippen LogP contribution in [0.3, 0.4) is 0 Å². The molecule has 2 aromatic heterocycles. The minimum atomic E-state index is -4.86. The first-order valence-electron chi connectivity index (χ1n) is 15.1. The van der Waals surface area contributed by atoms with Crippen LogP contribution in [0.5, 0.6) is 5.75 Å². The second kappa shape index (κ2) is 12.9. The number of aromatic nitrogens is 3. The van der Waals surface area contributed by atoms with Crippen LogP contribution in [0, 0.1) is 0 Å². The lowest BCUT2D eigenvalue weighted by molar-refractivity contribution is -0.143. The molecule has 3 aromatic rings. The van der Waals surface area contributed by atoms with E-state index < -0.39 is 29.0 Å². The highest BCUT2D eigenvalue weighted by Crippen LogP contribution is 2.36. The molecule has 0 saturated carbocycles. The van der Waals surface area contributed by atoms with Gasteiger partial charge in [-0.2, -0.15) is 18.3 Å². The van der Waals surface area contributed by atoms with Gasteiger partial charge in [-0.05, 0) is 106 Å². The maximum absolute atomic E-state index is 14.1. The minimum Gasteiger partial charge on any atom is -0.489 e. The Hall–Kier alpha value is -4.35. The molecule has 1 aliphatic carbocycles. The van der Waals surface area contributed by atoms with Gasteiger partial charge < -0.3 is 19.1 Å². The Morgan fingerprint density at radius 2 is 1.78 bits per heavy atom. The summed E-state index contributed by atoms with van der Waals surface area (Å²) in [6.07, 6.45) is -0.276. The molecule has 0 unspecified atom stereocenters. The fourth-order valence-electron chi connectivity index (χ4n) is 5.57. The SMILES string of the molecule is CCOC(=O)c1cnn(-c2cccc(C3=C(COc4ccc5c(c4)CCN(C(=O)OC(C)(C)C)C5)CCCC3)n2)c1C(F)(F)F. The summed E-state index contributed by atoms with van der Waals surface area (Å²) in [5.41, 5.74) is 2.21. The summed E-state index contributed by atoms with van der Waals surface area (Å²) in [6, 6.07) is 10.7. The van der Waals surface area contributed by atoms with Gasteiger partial charge >= 0.3 is 18.2 Å². The summed E-state index contributed by atoms with van der Waals surface area (Å²) in [7, 11) is 0. The zero-order valence-corrected chi connectivity index (χ0v) is 25.9. The van der Waals surface area contributed by atoms with E-state index in [1.807, 2.05) is 39.0 Å². The number of ether oxygens (including phenoxy) is 3. The van der Waals surface area contributed by atoms with Crippen LogP contribution in [-0.4, -0.2) is 57.1 Å². The van der Waals surface area contributed by atoms with E-state index in [9.17, 15) is 22.8 Å². The summed E-state index contributed by atoms with van der Waals surface area (Å²) < 4.78 is 59.4. The van der Waals surface area contributed by atoms with Crippen LogP contribution in [0.15, 0.2) is 48.2 Å². The second-order valence-electron chi connectivity index (χ2n) is 12.1. The highest BCUT2D eigenvalue weighted by atomic mass is 19.4. The average molecular weight is 627 g/mol. The van der Waals surface area contributed by atoms with Gasteiger partial charge in [0.1, 0.15) is 23.5 Å². The Morgan fingerprint density at radius 3 is 2.51 bits per heavy atom. The van der Waals surface area contributed by atoms with Crippen molar-refractivity contribution in [3.8, 4) is 11.6 Å². The van der Waals surface area contributed by atoms with Gasteiger partial charge in [0, 0.05) is 13.1 Å². The molecule has 3 heterocycles. The van der Waals surface area contributed by atoms with Crippen LogP contribution in [0.25, 0.3) is 11.4 Å². The number of amides is 1. The molecule has 2 aliphatic rings. The molecule has 9 nitrogen and oxygen atoms in total. The van der Waals surface area contributed by atoms with Crippen LogP contribution in [0.1, 0.15) is 86.3 Å². The fourth-order valence-corrected chi connectivity index (χ4v) is 5.57. The molecule has 1 amide bonds. The van der Waals surface area contributed by atoms with Crippen molar-refractivity contribution in [1.82, 2.24) is 19.7 Å². The molecule has 0 saturated heterocycles. The summed E-state index contributed by atoms with van der Waals surface area (Å²) in [5.74, 6) is -0.440. The van der Waals surface area contributed by atoms with E-state index in [0.717, 1.165) is 47.7 Å². The third kappa shape index (κ3) is 7.49. The molecule has 0 N–H and O–H groups in total. The Kier molecular flexibility index (Phi) is 9.22. The fraction of sp³-hybridized carbons (Fsp3) is 0.455. The van der Waals surface area contributed by atoms with Gasteiger partial charge in [0.2, 0.25) is 0 Å². The topological polar surface area (TPSA) is 95.8 Å². The second-order valence-corrected chi connectivity index (χ2v) is 12.1. The maximum Gasteiger partial charge on any atom is 0.434 e. The Balaban J connectivity index is 1.35. The van der Waals surface area contributed by atoms with E-state index >= 15 is 0 Å². The molecule has 0 spiro atoms. The smallest absolute Gasteiger partial charge is 0.434 e. The molecule has 12 heteroatoms. The number of esters is 1. The average Bonchev–Trinajstić information content (AvgIpc) is 3.46. The molecule has 0 fully saturated rings. The van der Waals surface area contributed by atoms with Gasteiger partial charge in [0.25, 0.3) is 0 Å². The third-order valence-electron chi connectivity index (χ3n) is 7.63. The van der Waals surface area contributed by atoms with Crippen molar-refractivity contribution in [2.75, 3.05) is 19.8 Å². The van der Waals surface area contributed by atoms with Crippen LogP contribution in [0.4, 0.5) is 18.0 Å². The molecule has 0 radical (unpaired) electrons. The Labute approximate surface area is 260 Å². The van der Waals surface area contributed by atoms with Gasteiger partial charge in [0.05, 0.1) is 18.5 Å². The van der Waals surface area contributed by atoms with Crippen molar-refractivity contribution >= 4 is 17.6 Å². The monoisotopic (exact) mass is 626 g/mol. The predicted octanol–water partition coefficient (Wildman–Crippen LogP) is 7.16. The standard InChI is InChI=1S/C33H37F3N4O5/c1-5-43-30(41)26-18-37-40(29(26)33(34,35)36)28-12-8-11-27(38-28)25-10-7-6-9-23(25)20-44-24-14-13-22-19-39(16-15-21(22)17-24)31(42)45-32(2,3)4/h8,11-14,17-18H,5-7,9-10,15-16,19-20H2,1-4H3. The minimum absolute atomic E-state index is 0.0520. The van der Waals surface area contributed by atoms with Crippen molar-refractivity contribution in [3.63, 3.8) is 0 Å². The number of carbonyl (C=O) groups excluding carboxylic acids is 2. The van der Waals surface area contributed by atoms with Gasteiger partial charge in [-0.25, -0.2) is 19.3 Å². The number of rotatable bonds is 7. The number of halogens is 3. The number of fused-ring (bicyclic) bond motifs is 1. The lowest BCUT2D eigenvalue weighted by atomic mass is 9.90. The molecule has 5 rings (SSSR count). The normalized spacial score (nSPS) is 15.5. The van der Waals surface area contributed by atoms with Gasteiger partial charge in [-0.15, -0.1) is 0 Å². The molecule has 1 aromatic carbocycles. The quantitative estimate of drug-likeness (QED) is 0.257. The Bertz CT molecular complexity index is 1610. The zero-order chi connectivity index (χ0) is 32.4. The Morgan fingerprint density at radius 1 is 1.00 bits per heavy atom. The number of hydrogen-bond donors (Lipinski definition) is 0. The lowest BCUT2D eigenvalue weighted by Gasteiger charge is -2.31. The van der Waals surface area contributed by atoms with E-state index in [-0.39, 0.29) is 18.5 Å². The number of allylic oxidation sites excluding steroid dienone is 1. The van der Waals surface area contributed by atoms with E-state index in [1.54, 1.807) is 17.0 Å². The first kappa shape index (κ1) is 32.1. The molecular formula is C33H37F3N4O5. The highest BCUT2D eigenvalue weighted by molar-refractivity contribution is 5.90. The summed E-state index contributed by atoms with van der Waals surface area (Å²) >= 11 is 0. The van der Waals surface area contributed by atoms with Gasteiger partial charge in [-0.3, -0.25) is 0 Å². The largest absolute Gasteiger partial charge is 0.489 e. The molecular weight excluding hydrogens is 589 g/mol. The molecule has 45 heavy (non-hydrogen) atoms. The van der Waals surface area contributed by atoms with E-state index in [0.29, 0.717) is 48.7 Å². The number of pyridine rings is 1.